The number of hydrogen-bond donors (Lipinski definition) is 3. The lowest BCUT2D eigenvalue weighted by atomic mass is 10.1. The average molecular weight is 416 g/mol. The lowest BCUT2D eigenvalue weighted by Crippen LogP contribution is -2.34. The maximum absolute atomic E-state index is 12.3. The van der Waals surface area contributed by atoms with Crippen molar-refractivity contribution in [1.29, 1.82) is 0 Å². The van der Waals surface area contributed by atoms with Gasteiger partial charge in [0.1, 0.15) is 5.00 Å². The summed E-state index contributed by atoms with van der Waals surface area (Å²) in [4.78, 5) is 25.0. The van der Waals surface area contributed by atoms with Crippen molar-refractivity contribution in [2.75, 3.05) is 5.32 Å². The number of primary amides is 1. The van der Waals surface area contributed by atoms with Crippen LogP contribution >= 0.6 is 46.8 Å². The first-order valence-electron chi connectivity index (χ1n) is 7.24. The van der Waals surface area contributed by atoms with E-state index in [0.717, 1.165) is 10.4 Å². The molecule has 2 amide bonds. The van der Waals surface area contributed by atoms with Gasteiger partial charge in [-0.3, -0.25) is 14.9 Å². The van der Waals surface area contributed by atoms with Crippen molar-refractivity contribution in [2.45, 2.75) is 20.3 Å². The molecule has 0 bridgehead atoms. The molecule has 2 aromatic rings. The van der Waals surface area contributed by atoms with E-state index in [-0.39, 0.29) is 15.7 Å². The summed E-state index contributed by atoms with van der Waals surface area (Å²) >= 11 is 18.3. The first kappa shape index (κ1) is 19.7. The third-order valence-corrected chi connectivity index (χ3v) is 5.25. The van der Waals surface area contributed by atoms with Gasteiger partial charge in [-0.1, -0.05) is 30.1 Å². The Morgan fingerprint density at radius 3 is 2.56 bits per heavy atom. The Morgan fingerprint density at radius 2 is 2.00 bits per heavy atom. The van der Waals surface area contributed by atoms with Gasteiger partial charge in [0.15, 0.2) is 5.11 Å². The van der Waals surface area contributed by atoms with Gasteiger partial charge in [-0.05, 0) is 49.3 Å². The zero-order valence-corrected chi connectivity index (χ0v) is 16.6. The molecular formula is C16H15Cl2N3O2S2. The van der Waals surface area contributed by atoms with Gasteiger partial charge in [0.25, 0.3) is 11.8 Å². The van der Waals surface area contributed by atoms with Crippen LogP contribution in [-0.4, -0.2) is 16.9 Å². The molecule has 132 valence electrons. The van der Waals surface area contributed by atoms with Crippen molar-refractivity contribution in [2.24, 2.45) is 5.73 Å². The first-order valence-corrected chi connectivity index (χ1v) is 9.22. The van der Waals surface area contributed by atoms with Crippen LogP contribution in [-0.2, 0) is 6.42 Å². The summed E-state index contributed by atoms with van der Waals surface area (Å²) in [5.41, 5.74) is 6.98. The minimum absolute atomic E-state index is 0.0439. The fourth-order valence-corrected chi connectivity index (χ4v) is 4.24. The molecule has 1 aromatic heterocycles. The Bertz CT molecular complexity index is 865. The number of amides is 2. The van der Waals surface area contributed by atoms with Crippen LogP contribution in [0.25, 0.3) is 0 Å². The molecule has 0 unspecified atom stereocenters. The number of thiocarbonyl (C=S) groups is 1. The van der Waals surface area contributed by atoms with Crippen molar-refractivity contribution in [1.82, 2.24) is 5.32 Å². The molecule has 1 aromatic carbocycles. The Balaban J connectivity index is 2.18. The summed E-state index contributed by atoms with van der Waals surface area (Å²) in [7, 11) is 0. The second-order valence-corrected chi connectivity index (χ2v) is 7.57. The van der Waals surface area contributed by atoms with Crippen LogP contribution in [0, 0.1) is 6.92 Å². The number of anilines is 1. The minimum atomic E-state index is -0.543. The van der Waals surface area contributed by atoms with E-state index in [2.05, 4.69) is 10.6 Å². The van der Waals surface area contributed by atoms with Crippen molar-refractivity contribution in [3.05, 3.63) is 49.8 Å². The molecule has 0 saturated heterocycles. The predicted molar refractivity (Wildman–Crippen MR) is 107 cm³/mol. The van der Waals surface area contributed by atoms with Crippen LogP contribution in [0.15, 0.2) is 18.2 Å². The SMILES string of the molecule is CCc1c(C)sc(NC(=S)NC(=O)c2ccc(Cl)cc2Cl)c1C(N)=O. The number of benzene rings is 1. The third kappa shape index (κ3) is 4.49. The molecule has 0 aliphatic carbocycles. The van der Waals surface area contributed by atoms with Gasteiger partial charge >= 0.3 is 0 Å². The van der Waals surface area contributed by atoms with Crippen LogP contribution in [0.2, 0.25) is 10.0 Å². The summed E-state index contributed by atoms with van der Waals surface area (Å²) in [6, 6.07) is 4.53. The topological polar surface area (TPSA) is 84.2 Å². The monoisotopic (exact) mass is 415 g/mol. The molecule has 0 aliphatic heterocycles. The fourth-order valence-electron chi connectivity index (χ4n) is 2.33. The van der Waals surface area contributed by atoms with Gasteiger partial charge in [0, 0.05) is 9.90 Å². The highest BCUT2D eigenvalue weighted by atomic mass is 35.5. The van der Waals surface area contributed by atoms with Gasteiger partial charge in [-0.25, -0.2) is 0 Å². The number of aryl methyl sites for hydroxylation is 1. The van der Waals surface area contributed by atoms with Gasteiger partial charge in [0.2, 0.25) is 0 Å². The number of halogens is 2. The number of rotatable bonds is 4. The lowest BCUT2D eigenvalue weighted by molar-refractivity contribution is 0.0975. The molecule has 5 nitrogen and oxygen atoms in total. The molecule has 0 fully saturated rings. The molecule has 0 saturated carbocycles. The molecular weight excluding hydrogens is 401 g/mol. The fraction of sp³-hybridized carbons (Fsp3) is 0.188. The highest BCUT2D eigenvalue weighted by Gasteiger charge is 2.20. The molecule has 0 atom stereocenters. The number of hydrogen-bond acceptors (Lipinski definition) is 4. The van der Waals surface area contributed by atoms with Crippen LogP contribution in [0.3, 0.4) is 0 Å². The predicted octanol–water partition coefficient (Wildman–Crippen LogP) is 4.15. The number of nitrogens with two attached hydrogens (primary N) is 1. The Labute approximate surface area is 164 Å². The zero-order chi connectivity index (χ0) is 18.7. The molecule has 1 heterocycles. The molecule has 9 heteroatoms. The molecule has 0 radical (unpaired) electrons. The van der Waals surface area contributed by atoms with Gasteiger partial charge in [-0.15, -0.1) is 11.3 Å². The highest BCUT2D eigenvalue weighted by Crippen LogP contribution is 2.33. The maximum atomic E-state index is 12.3. The second kappa shape index (κ2) is 8.14. The number of carbonyl (C=O) groups excluding carboxylic acids is 2. The van der Waals surface area contributed by atoms with Crippen LogP contribution in [0.4, 0.5) is 5.00 Å². The summed E-state index contributed by atoms with van der Waals surface area (Å²) < 4.78 is 0. The normalized spacial score (nSPS) is 10.4. The van der Waals surface area contributed by atoms with Crippen molar-refractivity contribution < 1.29 is 9.59 Å². The van der Waals surface area contributed by atoms with E-state index < -0.39 is 11.8 Å². The van der Waals surface area contributed by atoms with Gasteiger partial charge in [-0.2, -0.15) is 0 Å². The minimum Gasteiger partial charge on any atom is -0.365 e. The Kier molecular flexibility index (Phi) is 6.40. The average Bonchev–Trinajstić information content (AvgIpc) is 2.82. The van der Waals surface area contributed by atoms with Crippen LogP contribution in [0.5, 0.6) is 0 Å². The number of carbonyl (C=O) groups is 2. The molecule has 4 N–H and O–H groups in total. The van der Waals surface area contributed by atoms with E-state index >= 15 is 0 Å². The summed E-state index contributed by atoms with van der Waals surface area (Å²) in [6.45, 7) is 3.84. The quantitative estimate of drug-likeness (QED) is 0.654. The molecule has 2 rings (SSSR count). The molecule has 0 aliphatic rings. The van der Waals surface area contributed by atoms with E-state index in [1.54, 1.807) is 6.07 Å². The van der Waals surface area contributed by atoms with Crippen molar-refractivity contribution in [3.8, 4) is 0 Å². The lowest BCUT2D eigenvalue weighted by Gasteiger charge is -2.10. The maximum Gasteiger partial charge on any atom is 0.258 e. The van der Waals surface area contributed by atoms with Crippen molar-refractivity contribution >= 4 is 68.7 Å². The van der Waals surface area contributed by atoms with Crippen LogP contribution in [0.1, 0.15) is 38.1 Å². The summed E-state index contributed by atoms with van der Waals surface area (Å²) in [6.07, 6.45) is 0.668. The molecule has 25 heavy (non-hydrogen) atoms. The first-order chi connectivity index (χ1) is 11.7. The molecule has 0 spiro atoms. The summed E-state index contributed by atoms with van der Waals surface area (Å²) in [5.74, 6) is -1.03. The van der Waals surface area contributed by atoms with E-state index in [4.69, 9.17) is 41.2 Å². The van der Waals surface area contributed by atoms with Crippen LogP contribution < -0.4 is 16.4 Å². The number of thiophene rings is 1. The number of nitrogens with one attached hydrogen (secondary N) is 2. The van der Waals surface area contributed by atoms with Gasteiger partial charge < -0.3 is 11.1 Å². The standard InChI is InChI=1S/C16H15Cl2N3O2S2/c1-3-9-7(2)25-15(12(9)13(19)22)21-16(24)20-14(23)10-5-4-8(17)6-11(10)18/h4-6H,3H2,1-2H3,(H2,19,22)(H2,20,21,23,24). The van der Waals surface area contributed by atoms with Crippen molar-refractivity contribution in [3.63, 3.8) is 0 Å². The van der Waals surface area contributed by atoms with E-state index in [1.165, 1.54) is 23.5 Å². The third-order valence-electron chi connectivity index (χ3n) is 3.44. The largest absolute Gasteiger partial charge is 0.365 e. The highest BCUT2D eigenvalue weighted by molar-refractivity contribution is 7.80. The van der Waals surface area contributed by atoms with E-state index in [9.17, 15) is 9.59 Å². The second-order valence-electron chi connectivity index (χ2n) is 5.09. The Morgan fingerprint density at radius 1 is 1.32 bits per heavy atom. The van der Waals surface area contributed by atoms with Gasteiger partial charge in [0.05, 0.1) is 16.1 Å². The zero-order valence-electron chi connectivity index (χ0n) is 13.4. The van der Waals surface area contributed by atoms with E-state index in [0.29, 0.717) is 22.0 Å². The van der Waals surface area contributed by atoms with E-state index in [1.807, 2.05) is 13.8 Å². The summed E-state index contributed by atoms with van der Waals surface area (Å²) in [5, 5.41) is 6.59. The Hall–Kier alpha value is -1.67. The smallest absolute Gasteiger partial charge is 0.258 e.